The summed E-state index contributed by atoms with van der Waals surface area (Å²) in [7, 11) is 1.53. The predicted octanol–water partition coefficient (Wildman–Crippen LogP) is 5.48. The summed E-state index contributed by atoms with van der Waals surface area (Å²) in [5, 5.41) is 4.53. The lowest BCUT2D eigenvalue weighted by molar-refractivity contribution is -0.123. The van der Waals surface area contributed by atoms with Crippen molar-refractivity contribution in [2.45, 2.75) is 6.42 Å². The van der Waals surface area contributed by atoms with Crippen molar-refractivity contribution in [1.82, 2.24) is 5.43 Å². The van der Waals surface area contributed by atoms with Crippen LogP contribution < -0.4 is 19.6 Å². The quantitative estimate of drug-likeness (QED) is 0.128. The van der Waals surface area contributed by atoms with Crippen molar-refractivity contribution in [3.05, 3.63) is 100 Å². The van der Waals surface area contributed by atoms with E-state index in [4.69, 9.17) is 37.4 Å². The van der Waals surface area contributed by atoms with Gasteiger partial charge in [0.25, 0.3) is 5.91 Å². The molecule has 0 bridgehead atoms. The third-order valence-electron chi connectivity index (χ3n) is 4.61. The molecule has 3 aromatic carbocycles. The zero-order chi connectivity index (χ0) is 25.2. The van der Waals surface area contributed by atoms with Gasteiger partial charge in [0.05, 0.1) is 23.9 Å². The van der Waals surface area contributed by atoms with E-state index < -0.39 is 11.9 Å². The van der Waals surface area contributed by atoms with Gasteiger partial charge in [-0.15, -0.1) is 6.58 Å². The SMILES string of the molecule is C=CCc1ccc(OCC(=O)N/N=C\c2ccc(OC(=O)c3ccc(Cl)cc3Cl)cc2)c(OC)c1. The van der Waals surface area contributed by atoms with Gasteiger partial charge in [0.15, 0.2) is 18.1 Å². The number of carbonyl (C=O) groups is 2. The fraction of sp³-hybridized carbons (Fsp3) is 0.115. The predicted molar refractivity (Wildman–Crippen MR) is 136 cm³/mol. The summed E-state index contributed by atoms with van der Waals surface area (Å²) in [6, 6.07) is 16.5. The second kappa shape index (κ2) is 12.6. The summed E-state index contributed by atoms with van der Waals surface area (Å²) in [6.07, 6.45) is 3.94. The van der Waals surface area contributed by atoms with Crippen LogP contribution in [0.5, 0.6) is 17.2 Å². The van der Waals surface area contributed by atoms with Gasteiger partial charge in [0.1, 0.15) is 5.75 Å². The van der Waals surface area contributed by atoms with E-state index in [9.17, 15) is 9.59 Å². The Labute approximate surface area is 212 Å². The van der Waals surface area contributed by atoms with Crippen LogP contribution in [0, 0.1) is 0 Å². The summed E-state index contributed by atoms with van der Waals surface area (Å²) >= 11 is 11.9. The molecule has 0 spiro atoms. The van der Waals surface area contributed by atoms with Crippen LogP contribution in [0.15, 0.2) is 78.4 Å². The third kappa shape index (κ3) is 7.60. The van der Waals surface area contributed by atoms with Gasteiger partial charge in [-0.1, -0.05) is 35.3 Å². The number of ether oxygens (including phenoxy) is 3. The molecule has 9 heteroatoms. The molecule has 0 unspecified atom stereocenters. The molecule has 1 N–H and O–H groups in total. The molecule has 0 fully saturated rings. The molecule has 0 aliphatic heterocycles. The molecule has 0 saturated carbocycles. The number of halogens is 2. The number of carbonyl (C=O) groups excluding carboxylic acids is 2. The van der Waals surface area contributed by atoms with Crippen molar-refractivity contribution in [3.8, 4) is 17.2 Å². The highest BCUT2D eigenvalue weighted by atomic mass is 35.5. The molecule has 3 aromatic rings. The molecule has 35 heavy (non-hydrogen) atoms. The number of esters is 1. The van der Waals surface area contributed by atoms with E-state index in [0.717, 1.165) is 5.56 Å². The van der Waals surface area contributed by atoms with Crippen molar-refractivity contribution in [1.29, 1.82) is 0 Å². The zero-order valence-electron chi connectivity index (χ0n) is 18.8. The van der Waals surface area contributed by atoms with Gasteiger partial charge in [-0.25, -0.2) is 10.2 Å². The highest BCUT2D eigenvalue weighted by Crippen LogP contribution is 2.28. The van der Waals surface area contributed by atoms with E-state index in [-0.39, 0.29) is 17.2 Å². The lowest BCUT2D eigenvalue weighted by Gasteiger charge is -2.11. The van der Waals surface area contributed by atoms with Gasteiger partial charge < -0.3 is 14.2 Å². The van der Waals surface area contributed by atoms with Crippen LogP contribution in [0.3, 0.4) is 0 Å². The van der Waals surface area contributed by atoms with Gasteiger partial charge in [0, 0.05) is 5.02 Å². The summed E-state index contributed by atoms with van der Waals surface area (Å²) < 4.78 is 16.2. The molecule has 0 heterocycles. The maximum Gasteiger partial charge on any atom is 0.345 e. The van der Waals surface area contributed by atoms with Crippen molar-refractivity contribution in [2.75, 3.05) is 13.7 Å². The average molecular weight is 513 g/mol. The summed E-state index contributed by atoms with van der Waals surface area (Å²) in [6.45, 7) is 3.47. The molecule has 7 nitrogen and oxygen atoms in total. The summed E-state index contributed by atoms with van der Waals surface area (Å²) in [5.74, 6) is 0.254. The first-order valence-electron chi connectivity index (χ1n) is 10.4. The fourth-order valence-electron chi connectivity index (χ4n) is 2.92. The van der Waals surface area contributed by atoms with E-state index >= 15 is 0 Å². The second-order valence-corrected chi connectivity index (χ2v) is 7.99. The molecule has 0 radical (unpaired) electrons. The van der Waals surface area contributed by atoms with Crippen LogP contribution in [0.25, 0.3) is 0 Å². The van der Waals surface area contributed by atoms with Gasteiger partial charge in [0.2, 0.25) is 0 Å². The Hall–Kier alpha value is -3.81. The number of allylic oxidation sites excluding steroid dienone is 1. The topological polar surface area (TPSA) is 86.2 Å². The Morgan fingerprint density at radius 2 is 1.80 bits per heavy atom. The Morgan fingerprint density at radius 3 is 2.49 bits per heavy atom. The van der Waals surface area contributed by atoms with Crippen LogP contribution in [0.1, 0.15) is 21.5 Å². The first-order chi connectivity index (χ1) is 16.9. The number of benzene rings is 3. The zero-order valence-corrected chi connectivity index (χ0v) is 20.3. The number of hydrogen-bond donors (Lipinski definition) is 1. The highest BCUT2D eigenvalue weighted by Gasteiger charge is 2.13. The summed E-state index contributed by atoms with van der Waals surface area (Å²) in [5.41, 5.74) is 4.29. The van der Waals surface area contributed by atoms with Gasteiger partial charge >= 0.3 is 5.97 Å². The maximum atomic E-state index is 12.3. The molecular weight excluding hydrogens is 491 g/mol. The number of amides is 1. The summed E-state index contributed by atoms with van der Waals surface area (Å²) in [4.78, 5) is 24.3. The smallest absolute Gasteiger partial charge is 0.345 e. The third-order valence-corrected chi connectivity index (χ3v) is 5.16. The van der Waals surface area contributed by atoms with Gasteiger partial charge in [-0.3, -0.25) is 4.79 Å². The number of methoxy groups -OCH3 is 1. The first-order valence-corrected chi connectivity index (χ1v) is 11.1. The van der Waals surface area contributed by atoms with E-state index in [1.165, 1.54) is 25.5 Å². The normalized spacial score (nSPS) is 10.6. The minimum atomic E-state index is -0.604. The molecule has 3 rings (SSSR count). The highest BCUT2D eigenvalue weighted by molar-refractivity contribution is 6.36. The Kier molecular flexibility index (Phi) is 9.29. The molecule has 0 aliphatic carbocycles. The molecule has 0 saturated heterocycles. The maximum absolute atomic E-state index is 12.3. The lowest BCUT2D eigenvalue weighted by atomic mass is 10.1. The molecule has 180 valence electrons. The minimum absolute atomic E-state index is 0.203. The fourth-order valence-corrected chi connectivity index (χ4v) is 3.40. The van der Waals surface area contributed by atoms with E-state index in [1.54, 1.807) is 42.5 Å². The minimum Gasteiger partial charge on any atom is -0.493 e. The van der Waals surface area contributed by atoms with Crippen LogP contribution >= 0.6 is 23.2 Å². The van der Waals surface area contributed by atoms with Crippen molar-refractivity contribution in [3.63, 3.8) is 0 Å². The largest absolute Gasteiger partial charge is 0.493 e. The van der Waals surface area contributed by atoms with Gasteiger partial charge in [-0.05, 0) is 72.1 Å². The Bertz CT molecular complexity index is 1240. The van der Waals surface area contributed by atoms with Crippen LogP contribution in [-0.2, 0) is 11.2 Å². The number of hydrogen-bond acceptors (Lipinski definition) is 6. The average Bonchev–Trinajstić information content (AvgIpc) is 2.84. The van der Waals surface area contributed by atoms with Crippen LogP contribution in [-0.4, -0.2) is 31.8 Å². The second-order valence-electron chi connectivity index (χ2n) is 7.14. The monoisotopic (exact) mass is 512 g/mol. The number of nitrogens with zero attached hydrogens (tertiary/aromatic N) is 1. The van der Waals surface area contributed by atoms with Crippen molar-refractivity contribution >= 4 is 41.3 Å². The van der Waals surface area contributed by atoms with E-state index in [2.05, 4.69) is 17.1 Å². The Balaban J connectivity index is 1.49. The van der Waals surface area contributed by atoms with Gasteiger partial charge in [-0.2, -0.15) is 5.10 Å². The standard InChI is InChI=1S/C26H22Cl2N2O5/c1-3-4-17-7-12-23(24(13-17)33-2)34-16-25(31)30-29-15-18-5-9-20(10-6-18)35-26(32)21-11-8-19(27)14-22(21)28/h3,5-15H,1,4,16H2,2H3,(H,30,31)/b29-15-. The van der Waals surface area contributed by atoms with Crippen molar-refractivity contribution in [2.24, 2.45) is 5.10 Å². The molecule has 1 amide bonds. The lowest BCUT2D eigenvalue weighted by Crippen LogP contribution is -2.24. The molecule has 0 atom stereocenters. The molecular formula is C26H22Cl2N2O5. The molecule has 0 aromatic heterocycles. The number of nitrogens with one attached hydrogen (secondary N) is 1. The first kappa shape index (κ1) is 25.8. The van der Waals surface area contributed by atoms with E-state index in [1.807, 2.05) is 12.1 Å². The van der Waals surface area contributed by atoms with Crippen molar-refractivity contribution < 1.29 is 23.8 Å². The van der Waals surface area contributed by atoms with Crippen LogP contribution in [0.4, 0.5) is 0 Å². The number of hydrazone groups is 1. The van der Waals surface area contributed by atoms with Crippen LogP contribution in [0.2, 0.25) is 10.0 Å². The number of rotatable bonds is 10. The van der Waals surface area contributed by atoms with E-state index in [0.29, 0.717) is 34.3 Å². The Morgan fingerprint density at radius 1 is 1.03 bits per heavy atom. The molecule has 0 aliphatic rings.